The van der Waals surface area contributed by atoms with Crippen molar-refractivity contribution >= 4 is 59.2 Å². The van der Waals surface area contributed by atoms with Crippen LogP contribution in [-0.2, 0) is 0 Å². The van der Waals surface area contributed by atoms with Gasteiger partial charge in [-0.05, 0) is 37.1 Å². The third-order valence-electron chi connectivity index (χ3n) is 8.83. The highest BCUT2D eigenvalue weighted by molar-refractivity contribution is 7.72. The predicted octanol–water partition coefficient (Wildman–Crippen LogP) is 9.67. The van der Waals surface area contributed by atoms with Gasteiger partial charge in [-0.15, -0.1) is 0 Å². The summed E-state index contributed by atoms with van der Waals surface area (Å²) in [5.41, 5.74) is 7.78. The first kappa shape index (κ1) is 28.7. The number of benzene rings is 6. The summed E-state index contributed by atoms with van der Waals surface area (Å²) in [6.45, 7) is 4.65. The van der Waals surface area contributed by atoms with Crippen LogP contribution in [0.5, 0.6) is 0 Å². The summed E-state index contributed by atoms with van der Waals surface area (Å²) in [5.74, 6) is 0. The third-order valence-corrected chi connectivity index (χ3v) is 13.6. The Bertz CT molecular complexity index is 2030. The van der Waals surface area contributed by atoms with Crippen LogP contribution in [0.4, 0.5) is 0 Å². The Kier molecular flexibility index (Phi) is 7.63. The minimum Gasteiger partial charge on any atom is -0.309 e. The van der Waals surface area contributed by atoms with Crippen LogP contribution in [0.15, 0.2) is 170 Å². The van der Waals surface area contributed by atoms with E-state index in [2.05, 4.69) is 192 Å². The molecule has 0 atom stereocenters. The van der Waals surface area contributed by atoms with Crippen LogP contribution >= 0.6 is 16.1 Å². The van der Waals surface area contributed by atoms with E-state index in [0.29, 0.717) is 0 Å². The molecule has 0 N–H and O–H groups in total. The molecule has 0 saturated heterocycles. The smallest absolute Gasteiger partial charge is 0.0733 e. The number of nitrogens with zero attached hydrogens (tertiary/aromatic N) is 2. The zero-order valence-corrected chi connectivity index (χ0v) is 27.7. The summed E-state index contributed by atoms with van der Waals surface area (Å²) in [5, 5.41) is 7.94. The second-order valence-corrected chi connectivity index (χ2v) is 15.7. The molecule has 0 aliphatic carbocycles. The molecule has 0 spiro atoms. The predicted molar refractivity (Wildman–Crippen MR) is 201 cm³/mol. The summed E-state index contributed by atoms with van der Waals surface area (Å²) < 4.78 is 5.37. The number of fused-ring (bicyclic) bond motifs is 2. The maximum atomic E-state index is 2.69. The molecule has 8 rings (SSSR count). The molecule has 0 aliphatic rings. The van der Waals surface area contributed by atoms with E-state index in [1.807, 2.05) is 0 Å². The average molecular weight is 629 g/mol. The number of para-hydroxylation sites is 2. The van der Waals surface area contributed by atoms with E-state index in [4.69, 9.17) is 0 Å². The molecule has 6 aromatic carbocycles. The van der Waals surface area contributed by atoms with Crippen LogP contribution in [0.2, 0.25) is 0 Å². The Hall–Kier alpha value is -4.74. The lowest BCUT2D eigenvalue weighted by molar-refractivity contribution is 1.21. The largest absolute Gasteiger partial charge is 0.309 e. The van der Waals surface area contributed by atoms with Gasteiger partial charge in [-0.1, -0.05) is 158 Å². The fourth-order valence-corrected chi connectivity index (χ4v) is 11.8. The van der Waals surface area contributed by atoms with E-state index in [9.17, 15) is 0 Å². The fourth-order valence-electron chi connectivity index (χ4n) is 6.77. The second kappa shape index (κ2) is 12.2. The van der Waals surface area contributed by atoms with Gasteiger partial charge in [0.25, 0.3) is 0 Å². The van der Waals surface area contributed by atoms with E-state index in [0.717, 1.165) is 0 Å². The quantitative estimate of drug-likeness (QED) is 0.156. The molecule has 0 amide bonds. The lowest BCUT2D eigenvalue weighted by atomic mass is 10.1. The molecule has 222 valence electrons. The first-order valence-corrected chi connectivity index (χ1v) is 18.3. The van der Waals surface area contributed by atoms with Crippen LogP contribution in [0.25, 0.3) is 33.2 Å². The van der Waals surface area contributed by atoms with Crippen LogP contribution in [-0.4, -0.2) is 8.68 Å². The zero-order valence-electron chi connectivity index (χ0n) is 26.0. The normalized spacial score (nSPS) is 11.7. The topological polar surface area (TPSA) is 9.86 Å². The Morgan fingerprint density at radius 3 is 0.891 bits per heavy atom. The standard InChI is InChI=1S/C42H34N2P2/c1-31-37-27-15-17-29-39(37)43(45(33-19-7-3-8-20-33)34-21-9-4-10-22-34)41(31)42-32(2)38-28-16-18-30-40(38)44(42)46(35-23-11-5-12-24-35)36-25-13-6-14-26-36/h3-30H,1-2H3. The lowest BCUT2D eigenvalue weighted by Crippen LogP contribution is -2.20. The Morgan fingerprint density at radius 2 is 0.587 bits per heavy atom. The number of aryl methyl sites for hydroxylation is 2. The second-order valence-electron chi connectivity index (χ2n) is 11.6. The van der Waals surface area contributed by atoms with Crippen molar-refractivity contribution < 1.29 is 0 Å². The van der Waals surface area contributed by atoms with Crippen LogP contribution in [0.3, 0.4) is 0 Å². The highest BCUT2D eigenvalue weighted by atomic mass is 31.1. The summed E-state index contributed by atoms with van der Waals surface area (Å²) in [6.07, 6.45) is 0. The summed E-state index contributed by atoms with van der Waals surface area (Å²) in [6, 6.07) is 62.3. The molecule has 0 saturated carbocycles. The molecule has 0 fully saturated rings. The molecule has 2 aromatic heterocycles. The molecule has 4 heteroatoms. The molecule has 0 unspecified atom stereocenters. The number of rotatable bonds is 7. The first-order chi connectivity index (χ1) is 22.7. The van der Waals surface area contributed by atoms with Crippen molar-refractivity contribution in [2.24, 2.45) is 0 Å². The van der Waals surface area contributed by atoms with Crippen molar-refractivity contribution in [3.05, 3.63) is 181 Å². The molecular formula is C42H34N2P2. The highest BCUT2D eigenvalue weighted by Gasteiger charge is 2.31. The Morgan fingerprint density at radius 1 is 0.326 bits per heavy atom. The third kappa shape index (κ3) is 4.81. The van der Waals surface area contributed by atoms with E-state index in [1.54, 1.807) is 0 Å². The molecule has 2 nitrogen and oxygen atoms in total. The van der Waals surface area contributed by atoms with Gasteiger partial charge in [0.15, 0.2) is 0 Å². The van der Waals surface area contributed by atoms with Gasteiger partial charge < -0.3 is 8.68 Å². The van der Waals surface area contributed by atoms with E-state index in [1.165, 1.54) is 65.5 Å². The number of hydrogen-bond acceptors (Lipinski definition) is 0. The minimum atomic E-state index is -0.941. The van der Waals surface area contributed by atoms with Crippen molar-refractivity contribution in [1.82, 2.24) is 8.68 Å². The summed E-state index contributed by atoms with van der Waals surface area (Å²) in [7, 11) is -1.88. The number of aromatic nitrogens is 2. The molecule has 8 aromatic rings. The summed E-state index contributed by atoms with van der Waals surface area (Å²) in [4.78, 5) is 0. The maximum absolute atomic E-state index is 2.69. The van der Waals surface area contributed by atoms with Gasteiger partial charge in [-0.25, -0.2) is 0 Å². The van der Waals surface area contributed by atoms with Crippen LogP contribution in [0.1, 0.15) is 11.1 Å². The monoisotopic (exact) mass is 628 g/mol. The Labute approximate surface area is 273 Å². The first-order valence-electron chi connectivity index (χ1n) is 15.7. The fraction of sp³-hybridized carbons (Fsp3) is 0.0476. The van der Waals surface area contributed by atoms with Gasteiger partial charge in [0.2, 0.25) is 0 Å². The van der Waals surface area contributed by atoms with Crippen molar-refractivity contribution in [2.75, 3.05) is 0 Å². The van der Waals surface area contributed by atoms with E-state index in [-0.39, 0.29) is 0 Å². The number of hydrogen-bond donors (Lipinski definition) is 0. The molecule has 0 aliphatic heterocycles. The van der Waals surface area contributed by atoms with E-state index >= 15 is 0 Å². The van der Waals surface area contributed by atoms with Crippen molar-refractivity contribution in [3.8, 4) is 11.4 Å². The van der Waals surface area contributed by atoms with Crippen LogP contribution < -0.4 is 21.2 Å². The maximum Gasteiger partial charge on any atom is 0.0733 e. The van der Waals surface area contributed by atoms with Gasteiger partial charge >= 0.3 is 0 Å². The minimum absolute atomic E-state index is 0.941. The summed E-state index contributed by atoms with van der Waals surface area (Å²) >= 11 is 0. The lowest BCUT2D eigenvalue weighted by Gasteiger charge is -2.28. The molecule has 0 radical (unpaired) electrons. The highest BCUT2D eigenvalue weighted by Crippen LogP contribution is 2.52. The molecule has 46 heavy (non-hydrogen) atoms. The van der Waals surface area contributed by atoms with Gasteiger partial charge in [-0.2, -0.15) is 0 Å². The van der Waals surface area contributed by atoms with Gasteiger partial charge in [0.05, 0.1) is 38.6 Å². The van der Waals surface area contributed by atoms with E-state index < -0.39 is 16.1 Å². The zero-order chi connectivity index (χ0) is 31.0. The molecular weight excluding hydrogens is 594 g/mol. The van der Waals surface area contributed by atoms with Gasteiger partial charge in [0, 0.05) is 32.0 Å². The van der Waals surface area contributed by atoms with Crippen molar-refractivity contribution in [1.29, 1.82) is 0 Å². The molecule has 2 heterocycles. The SMILES string of the molecule is Cc1c(-c2c(C)c3ccccc3n2P(c2ccccc2)c2ccccc2)n(P(c2ccccc2)c2ccccc2)c2ccccc12. The van der Waals surface area contributed by atoms with Crippen LogP contribution in [0, 0.1) is 13.8 Å². The Balaban J connectivity index is 1.54. The van der Waals surface area contributed by atoms with Gasteiger partial charge in [0.1, 0.15) is 0 Å². The average Bonchev–Trinajstić information content (AvgIpc) is 3.57. The molecule has 0 bridgehead atoms. The van der Waals surface area contributed by atoms with Crippen molar-refractivity contribution in [3.63, 3.8) is 0 Å². The van der Waals surface area contributed by atoms with Gasteiger partial charge in [-0.3, -0.25) is 0 Å². The van der Waals surface area contributed by atoms with Crippen molar-refractivity contribution in [2.45, 2.75) is 13.8 Å².